The average Bonchev–Trinajstić information content (AvgIpc) is 2.59. The van der Waals surface area contributed by atoms with Gasteiger partial charge in [-0.3, -0.25) is 4.79 Å². The van der Waals surface area contributed by atoms with Crippen LogP contribution >= 0.6 is 0 Å². The van der Waals surface area contributed by atoms with E-state index in [1.54, 1.807) is 18.5 Å². The van der Waals surface area contributed by atoms with E-state index in [9.17, 15) is 4.79 Å². The minimum Gasteiger partial charge on any atom is -0.347 e. The number of carbonyl (C=O) groups excluding carboxylic acids is 1. The highest BCUT2D eigenvalue weighted by Gasteiger charge is 2.32. The first-order valence-electron chi connectivity index (χ1n) is 5.65. The van der Waals surface area contributed by atoms with Gasteiger partial charge in [0, 0.05) is 18.4 Å². The molecule has 1 atom stereocenters. The van der Waals surface area contributed by atoms with Crippen LogP contribution in [-0.4, -0.2) is 21.9 Å². The predicted molar refractivity (Wildman–Crippen MR) is 60.9 cm³/mol. The van der Waals surface area contributed by atoms with Crippen LogP contribution < -0.4 is 5.32 Å². The molecule has 1 aliphatic carbocycles. The molecule has 4 heteroatoms. The Hall–Kier alpha value is -1.45. The third-order valence-corrected chi connectivity index (χ3v) is 3.07. The Morgan fingerprint density at radius 1 is 1.44 bits per heavy atom. The average molecular weight is 219 g/mol. The Kier molecular flexibility index (Phi) is 2.90. The number of aromatic nitrogens is 2. The van der Waals surface area contributed by atoms with Crippen LogP contribution in [0.4, 0.5) is 0 Å². The molecule has 1 aromatic rings. The van der Waals surface area contributed by atoms with Crippen LogP contribution in [0.15, 0.2) is 18.5 Å². The third kappa shape index (κ3) is 2.56. The van der Waals surface area contributed by atoms with Gasteiger partial charge in [-0.1, -0.05) is 13.8 Å². The minimum atomic E-state index is -0.164. The number of nitrogens with one attached hydrogen (secondary N) is 1. The molecule has 2 rings (SSSR count). The van der Waals surface area contributed by atoms with Crippen molar-refractivity contribution in [1.29, 1.82) is 0 Å². The molecule has 1 aliphatic rings. The molecule has 0 saturated heterocycles. The van der Waals surface area contributed by atoms with Gasteiger partial charge in [-0.2, -0.15) is 0 Å². The number of amides is 1. The summed E-state index contributed by atoms with van der Waals surface area (Å²) in [5.74, 6) is 0.0931. The van der Waals surface area contributed by atoms with Crippen molar-refractivity contribution in [1.82, 2.24) is 15.3 Å². The molecule has 0 bridgehead atoms. The van der Waals surface area contributed by atoms with Gasteiger partial charge in [0.1, 0.15) is 0 Å². The number of nitrogens with zero attached hydrogens (tertiary/aromatic N) is 2. The molecule has 0 aromatic carbocycles. The molecule has 1 N–H and O–H groups in total. The molecular formula is C12H17N3O. The van der Waals surface area contributed by atoms with Gasteiger partial charge in [-0.15, -0.1) is 0 Å². The van der Waals surface area contributed by atoms with Crippen molar-refractivity contribution >= 4 is 5.91 Å². The first-order valence-corrected chi connectivity index (χ1v) is 5.65. The van der Waals surface area contributed by atoms with E-state index in [0.29, 0.717) is 5.41 Å². The van der Waals surface area contributed by atoms with Crippen LogP contribution in [0.1, 0.15) is 43.7 Å². The first-order chi connectivity index (χ1) is 7.57. The zero-order valence-electron chi connectivity index (χ0n) is 9.73. The molecule has 1 amide bonds. The molecule has 1 saturated carbocycles. The number of hydrogen-bond donors (Lipinski definition) is 1. The van der Waals surface area contributed by atoms with Crippen molar-refractivity contribution in [2.45, 2.75) is 39.2 Å². The van der Waals surface area contributed by atoms with Crippen molar-refractivity contribution in [3.05, 3.63) is 24.3 Å². The maximum Gasteiger partial charge on any atom is 0.289 e. The second-order valence-corrected chi connectivity index (χ2v) is 5.15. The molecule has 16 heavy (non-hydrogen) atoms. The number of hydrogen-bond acceptors (Lipinski definition) is 3. The van der Waals surface area contributed by atoms with Gasteiger partial charge >= 0.3 is 0 Å². The van der Waals surface area contributed by atoms with Crippen molar-refractivity contribution < 1.29 is 4.79 Å². The zero-order chi connectivity index (χ0) is 11.6. The lowest BCUT2D eigenvalue weighted by molar-refractivity contribution is 0.0925. The Bertz CT molecular complexity index is 375. The van der Waals surface area contributed by atoms with Gasteiger partial charge < -0.3 is 5.32 Å². The summed E-state index contributed by atoms with van der Waals surface area (Å²) in [6.07, 6.45) is 6.41. The zero-order valence-corrected chi connectivity index (χ0v) is 9.73. The lowest BCUT2D eigenvalue weighted by Crippen LogP contribution is -2.34. The van der Waals surface area contributed by atoms with Crippen molar-refractivity contribution in [3.8, 4) is 0 Å². The summed E-state index contributed by atoms with van der Waals surface area (Å²) >= 11 is 0. The van der Waals surface area contributed by atoms with E-state index in [-0.39, 0.29) is 17.8 Å². The summed E-state index contributed by atoms with van der Waals surface area (Å²) in [6, 6.07) is 1.97. The minimum absolute atomic E-state index is 0.164. The van der Waals surface area contributed by atoms with Gasteiger partial charge in [0.2, 0.25) is 5.82 Å². The van der Waals surface area contributed by atoms with Crippen LogP contribution in [0.2, 0.25) is 0 Å². The van der Waals surface area contributed by atoms with E-state index >= 15 is 0 Å². The van der Waals surface area contributed by atoms with Crippen molar-refractivity contribution in [2.75, 3.05) is 0 Å². The number of rotatable bonds is 2. The predicted octanol–water partition coefficient (Wildman–Crippen LogP) is 1.79. The highest BCUT2D eigenvalue weighted by Crippen LogP contribution is 2.36. The fourth-order valence-electron chi connectivity index (χ4n) is 2.23. The van der Waals surface area contributed by atoms with E-state index in [1.165, 1.54) is 0 Å². The van der Waals surface area contributed by atoms with E-state index in [2.05, 4.69) is 29.1 Å². The lowest BCUT2D eigenvalue weighted by atomic mass is 9.92. The lowest BCUT2D eigenvalue weighted by Gasteiger charge is -2.17. The van der Waals surface area contributed by atoms with Crippen LogP contribution in [0.25, 0.3) is 0 Å². The fourth-order valence-corrected chi connectivity index (χ4v) is 2.23. The monoisotopic (exact) mass is 219 g/mol. The quantitative estimate of drug-likeness (QED) is 0.825. The second-order valence-electron chi connectivity index (χ2n) is 5.15. The molecule has 86 valence electrons. The van der Waals surface area contributed by atoms with Crippen LogP contribution in [0.3, 0.4) is 0 Å². The van der Waals surface area contributed by atoms with E-state index < -0.39 is 0 Å². The Balaban J connectivity index is 1.94. The normalized spacial score (nSPS) is 23.0. The smallest absolute Gasteiger partial charge is 0.289 e. The molecule has 1 heterocycles. The van der Waals surface area contributed by atoms with E-state index in [1.807, 2.05) is 0 Å². The summed E-state index contributed by atoms with van der Waals surface area (Å²) in [5.41, 5.74) is 0.343. The topological polar surface area (TPSA) is 54.9 Å². The largest absolute Gasteiger partial charge is 0.347 e. The standard InChI is InChI=1S/C12H17N3O/c1-12(2)5-4-9(8-12)15-11(16)10-13-6-3-7-14-10/h3,6-7,9H,4-5,8H2,1-2H3,(H,15,16). The first kappa shape index (κ1) is 11.0. The van der Waals surface area contributed by atoms with Gasteiger partial charge in [0.05, 0.1) is 0 Å². The van der Waals surface area contributed by atoms with Gasteiger partial charge in [-0.05, 0) is 30.7 Å². The van der Waals surface area contributed by atoms with E-state index in [0.717, 1.165) is 19.3 Å². The molecule has 0 aliphatic heterocycles. The molecule has 0 spiro atoms. The molecule has 0 radical (unpaired) electrons. The summed E-state index contributed by atoms with van der Waals surface area (Å²) in [6.45, 7) is 4.47. The molecule has 1 aromatic heterocycles. The summed E-state index contributed by atoms with van der Waals surface area (Å²) in [7, 11) is 0. The van der Waals surface area contributed by atoms with Gasteiger partial charge in [0.15, 0.2) is 0 Å². The van der Waals surface area contributed by atoms with Crippen LogP contribution in [-0.2, 0) is 0 Å². The van der Waals surface area contributed by atoms with E-state index in [4.69, 9.17) is 0 Å². The SMILES string of the molecule is CC1(C)CCC(NC(=O)c2ncccn2)C1. The molecule has 1 fully saturated rings. The highest BCUT2D eigenvalue weighted by atomic mass is 16.2. The maximum absolute atomic E-state index is 11.8. The van der Waals surface area contributed by atoms with Gasteiger partial charge in [-0.25, -0.2) is 9.97 Å². The highest BCUT2D eigenvalue weighted by molar-refractivity contribution is 5.90. The summed E-state index contributed by atoms with van der Waals surface area (Å²) in [5, 5.41) is 2.99. The third-order valence-electron chi connectivity index (χ3n) is 3.07. The Morgan fingerprint density at radius 2 is 2.12 bits per heavy atom. The van der Waals surface area contributed by atoms with Crippen LogP contribution in [0.5, 0.6) is 0 Å². The second kappa shape index (κ2) is 4.20. The van der Waals surface area contributed by atoms with Crippen molar-refractivity contribution in [2.24, 2.45) is 5.41 Å². The Labute approximate surface area is 95.5 Å². The maximum atomic E-state index is 11.8. The summed E-state index contributed by atoms with van der Waals surface area (Å²) < 4.78 is 0. The Morgan fingerprint density at radius 3 is 2.69 bits per heavy atom. The molecular weight excluding hydrogens is 202 g/mol. The number of carbonyl (C=O) groups is 1. The van der Waals surface area contributed by atoms with Crippen LogP contribution in [0, 0.1) is 5.41 Å². The van der Waals surface area contributed by atoms with Gasteiger partial charge in [0.25, 0.3) is 5.91 Å². The molecule has 4 nitrogen and oxygen atoms in total. The van der Waals surface area contributed by atoms with Crippen molar-refractivity contribution in [3.63, 3.8) is 0 Å². The fraction of sp³-hybridized carbons (Fsp3) is 0.583. The summed E-state index contributed by atoms with van der Waals surface area (Å²) in [4.78, 5) is 19.6. The molecule has 1 unspecified atom stereocenters.